The first-order chi connectivity index (χ1) is 12.1. The van der Waals surface area contributed by atoms with Crippen molar-refractivity contribution in [2.75, 3.05) is 20.3 Å². The molecule has 3 nitrogen and oxygen atoms in total. The number of nitrogens with two attached hydrogens (primary N) is 1. The molecular weight excluding hydrogens is 308 g/mol. The van der Waals surface area contributed by atoms with Crippen LogP contribution in [-0.2, 0) is 4.74 Å². The molecule has 0 amide bonds. The number of hydrogen-bond donors (Lipinski definition) is 2. The summed E-state index contributed by atoms with van der Waals surface area (Å²) in [6.07, 6.45) is 8.31. The monoisotopic (exact) mass is 340 g/mol. The summed E-state index contributed by atoms with van der Waals surface area (Å²) in [6, 6.07) is 6.31. The molecule has 0 radical (unpaired) electrons. The van der Waals surface area contributed by atoms with Gasteiger partial charge in [-0.2, -0.15) is 0 Å². The summed E-state index contributed by atoms with van der Waals surface area (Å²) in [6.45, 7) is 6.26. The van der Waals surface area contributed by atoms with Crippen molar-refractivity contribution in [1.29, 1.82) is 0 Å². The van der Waals surface area contributed by atoms with Gasteiger partial charge in [0.1, 0.15) is 0 Å². The van der Waals surface area contributed by atoms with Gasteiger partial charge >= 0.3 is 0 Å². The van der Waals surface area contributed by atoms with Gasteiger partial charge in [-0.1, -0.05) is 30.9 Å². The van der Waals surface area contributed by atoms with Gasteiger partial charge in [-0.25, -0.2) is 0 Å². The number of ether oxygens (including phenoxy) is 1. The molecular formula is C22H32N2O. The van der Waals surface area contributed by atoms with Gasteiger partial charge in [0.15, 0.2) is 0 Å². The zero-order chi connectivity index (χ0) is 18.1. The third kappa shape index (κ3) is 6.48. The molecule has 136 valence electrons. The van der Waals surface area contributed by atoms with Gasteiger partial charge in [0.2, 0.25) is 0 Å². The van der Waals surface area contributed by atoms with Crippen LogP contribution in [0.2, 0.25) is 0 Å². The Morgan fingerprint density at radius 2 is 2.00 bits per heavy atom. The molecule has 1 unspecified atom stereocenters. The fourth-order valence-electron chi connectivity index (χ4n) is 2.82. The number of allylic oxidation sites excluding steroid dienone is 1. The topological polar surface area (TPSA) is 47.3 Å². The predicted molar refractivity (Wildman–Crippen MR) is 105 cm³/mol. The van der Waals surface area contributed by atoms with Crippen LogP contribution in [0.4, 0.5) is 0 Å². The van der Waals surface area contributed by atoms with Crippen molar-refractivity contribution < 1.29 is 4.74 Å². The highest BCUT2D eigenvalue weighted by Gasteiger charge is 2.18. The number of nitrogens with one attached hydrogen (secondary N) is 1. The summed E-state index contributed by atoms with van der Waals surface area (Å²) in [5.41, 5.74) is 10.6. The molecule has 0 aromatic heterocycles. The summed E-state index contributed by atoms with van der Waals surface area (Å²) in [7, 11) is 1.87. The molecule has 0 bridgehead atoms. The van der Waals surface area contributed by atoms with Crippen molar-refractivity contribution in [3.8, 4) is 11.8 Å². The van der Waals surface area contributed by atoms with E-state index in [4.69, 9.17) is 10.5 Å². The maximum atomic E-state index is 6.07. The minimum atomic E-state index is 0.204. The van der Waals surface area contributed by atoms with E-state index < -0.39 is 0 Å². The molecule has 1 aromatic rings. The van der Waals surface area contributed by atoms with E-state index in [-0.39, 0.29) is 5.92 Å². The highest BCUT2D eigenvalue weighted by molar-refractivity contribution is 5.47. The number of rotatable bonds is 3. The zero-order valence-corrected chi connectivity index (χ0v) is 15.9. The number of benzene rings is 1. The fourth-order valence-corrected chi connectivity index (χ4v) is 2.82. The van der Waals surface area contributed by atoms with E-state index in [2.05, 4.69) is 49.2 Å². The molecule has 1 atom stereocenters. The van der Waals surface area contributed by atoms with E-state index in [1.807, 2.05) is 13.2 Å². The van der Waals surface area contributed by atoms with E-state index >= 15 is 0 Å². The Labute approximate surface area is 153 Å². The Kier molecular flexibility index (Phi) is 7.88. The van der Waals surface area contributed by atoms with E-state index in [0.29, 0.717) is 5.92 Å². The van der Waals surface area contributed by atoms with E-state index in [9.17, 15) is 0 Å². The lowest BCUT2D eigenvalue weighted by Gasteiger charge is -2.16. The molecule has 1 aliphatic heterocycles. The van der Waals surface area contributed by atoms with Gasteiger partial charge < -0.3 is 15.8 Å². The lowest BCUT2D eigenvalue weighted by atomic mass is 9.91. The maximum Gasteiger partial charge on any atom is 0.0466 e. The van der Waals surface area contributed by atoms with Gasteiger partial charge in [0.25, 0.3) is 0 Å². The van der Waals surface area contributed by atoms with E-state index in [0.717, 1.165) is 24.5 Å². The van der Waals surface area contributed by atoms with Gasteiger partial charge in [0.05, 0.1) is 0 Å². The van der Waals surface area contributed by atoms with Crippen LogP contribution in [0.3, 0.4) is 0 Å². The van der Waals surface area contributed by atoms with Gasteiger partial charge in [-0.05, 0) is 56.2 Å². The van der Waals surface area contributed by atoms with E-state index in [1.54, 1.807) is 0 Å². The Morgan fingerprint density at radius 1 is 1.28 bits per heavy atom. The van der Waals surface area contributed by atoms with Crippen molar-refractivity contribution in [3.05, 3.63) is 46.8 Å². The lowest BCUT2D eigenvalue weighted by Crippen LogP contribution is -2.12. The SMILES string of the molecule is C1CCOCC1.CN/C=C(\N)C(C)c1cccc(C#CC2CC2)c1C. The van der Waals surface area contributed by atoms with Crippen molar-refractivity contribution >= 4 is 0 Å². The first-order valence-electron chi connectivity index (χ1n) is 9.45. The van der Waals surface area contributed by atoms with Crippen LogP contribution in [0.5, 0.6) is 0 Å². The van der Waals surface area contributed by atoms with Crippen molar-refractivity contribution in [2.45, 2.75) is 51.9 Å². The standard InChI is InChI=1S/C17H22N2.C5H10O/c1-12-15(10-9-14-7-8-14)5-4-6-16(12)13(2)17(18)11-19-3;1-2-4-6-5-3-1/h4-6,11,13-14,19H,7-8,18H2,1-3H3;1-5H2/b17-11-;. The molecule has 1 aliphatic carbocycles. The van der Waals surface area contributed by atoms with Crippen LogP contribution in [0.1, 0.15) is 61.6 Å². The van der Waals surface area contributed by atoms with Crippen molar-refractivity contribution in [1.82, 2.24) is 5.32 Å². The van der Waals surface area contributed by atoms with Crippen LogP contribution in [0.15, 0.2) is 30.1 Å². The molecule has 25 heavy (non-hydrogen) atoms. The third-order valence-electron chi connectivity index (χ3n) is 4.72. The highest BCUT2D eigenvalue weighted by atomic mass is 16.5. The van der Waals surface area contributed by atoms with Gasteiger partial charge in [-0.3, -0.25) is 0 Å². The Morgan fingerprint density at radius 3 is 2.52 bits per heavy atom. The predicted octanol–water partition coefficient (Wildman–Crippen LogP) is 4.07. The lowest BCUT2D eigenvalue weighted by molar-refractivity contribution is 0.0968. The molecule has 2 fully saturated rings. The molecule has 1 aromatic carbocycles. The zero-order valence-electron chi connectivity index (χ0n) is 15.9. The highest BCUT2D eigenvalue weighted by Crippen LogP contribution is 2.29. The first-order valence-corrected chi connectivity index (χ1v) is 9.45. The van der Waals surface area contributed by atoms with Crippen molar-refractivity contribution in [2.24, 2.45) is 11.7 Å². The quantitative estimate of drug-likeness (QED) is 0.816. The van der Waals surface area contributed by atoms with Crippen LogP contribution in [-0.4, -0.2) is 20.3 Å². The van der Waals surface area contributed by atoms with Gasteiger partial charge in [0, 0.05) is 49.6 Å². The second-order valence-electron chi connectivity index (χ2n) is 6.89. The first kappa shape index (κ1) is 19.4. The Balaban J connectivity index is 0.000000316. The Bertz CT molecular complexity index is 620. The molecule has 3 rings (SSSR count). The molecule has 1 saturated heterocycles. The smallest absolute Gasteiger partial charge is 0.0466 e. The fraction of sp³-hybridized carbons (Fsp3) is 0.545. The van der Waals surface area contributed by atoms with Crippen LogP contribution in [0.25, 0.3) is 0 Å². The minimum absolute atomic E-state index is 0.204. The second kappa shape index (κ2) is 10.2. The summed E-state index contributed by atoms with van der Waals surface area (Å²) >= 11 is 0. The Hall–Kier alpha value is -1.92. The van der Waals surface area contributed by atoms with E-state index in [1.165, 1.54) is 43.2 Å². The van der Waals surface area contributed by atoms with Crippen LogP contribution >= 0.6 is 0 Å². The number of hydrogen-bond acceptors (Lipinski definition) is 3. The summed E-state index contributed by atoms with van der Waals surface area (Å²) in [4.78, 5) is 0. The molecule has 0 spiro atoms. The summed E-state index contributed by atoms with van der Waals surface area (Å²) < 4.78 is 5.07. The maximum absolute atomic E-state index is 6.07. The normalized spacial score (nSPS) is 18.3. The molecule has 1 heterocycles. The van der Waals surface area contributed by atoms with Crippen molar-refractivity contribution in [3.63, 3.8) is 0 Å². The average Bonchev–Trinajstić information content (AvgIpc) is 3.47. The molecule has 3 heteroatoms. The minimum Gasteiger partial charge on any atom is -0.400 e. The second-order valence-corrected chi connectivity index (χ2v) is 6.89. The molecule has 1 saturated carbocycles. The summed E-state index contributed by atoms with van der Waals surface area (Å²) in [5, 5.41) is 2.99. The molecule has 2 aliphatic rings. The van der Waals surface area contributed by atoms with Crippen LogP contribution in [0, 0.1) is 24.7 Å². The van der Waals surface area contributed by atoms with Crippen LogP contribution < -0.4 is 11.1 Å². The molecule has 3 N–H and O–H groups in total. The average molecular weight is 341 g/mol. The summed E-state index contributed by atoms with van der Waals surface area (Å²) in [5.74, 6) is 7.48. The van der Waals surface area contributed by atoms with Gasteiger partial charge in [-0.15, -0.1) is 0 Å². The largest absolute Gasteiger partial charge is 0.400 e. The third-order valence-corrected chi connectivity index (χ3v) is 4.72.